The number of hydrogen-bond donors (Lipinski definition) is 0. The predicted octanol–water partition coefficient (Wildman–Crippen LogP) is 6.38. The minimum Gasteiger partial charge on any atom is -0.456 e. The molecule has 0 aliphatic carbocycles. The summed E-state index contributed by atoms with van der Waals surface area (Å²) in [7, 11) is 0. The minimum atomic E-state index is 0.928. The van der Waals surface area contributed by atoms with Crippen LogP contribution in [0, 0.1) is 13.8 Å². The zero-order chi connectivity index (χ0) is 15.8. The number of fused-ring (bicyclic) bond motifs is 1. The van der Waals surface area contributed by atoms with Crippen LogP contribution in [0.25, 0.3) is 33.4 Å². The molecule has 0 unspecified atom stereocenters. The summed E-state index contributed by atoms with van der Waals surface area (Å²) >= 11 is 0. The molecule has 4 aromatic rings. The second-order valence-corrected chi connectivity index (χ2v) is 6.00. The lowest BCUT2D eigenvalue weighted by Gasteiger charge is -2.02. The number of rotatable bonds is 2. The van der Waals surface area contributed by atoms with Crippen molar-refractivity contribution in [3.63, 3.8) is 0 Å². The van der Waals surface area contributed by atoms with Crippen molar-refractivity contribution in [3.05, 3.63) is 83.9 Å². The van der Waals surface area contributed by atoms with Gasteiger partial charge >= 0.3 is 0 Å². The number of furan rings is 1. The monoisotopic (exact) mass is 298 g/mol. The minimum absolute atomic E-state index is 0.928. The molecule has 0 aliphatic rings. The second-order valence-electron chi connectivity index (χ2n) is 6.00. The standard InChI is InChI=1S/C22H18O/c1-15-8-9-16(2)22-20(15)14-21(23-22)19-12-10-18(11-13-19)17-6-4-3-5-7-17/h3-14H,1-2H3. The Morgan fingerprint density at radius 3 is 1.91 bits per heavy atom. The quantitative estimate of drug-likeness (QED) is 0.418. The first-order chi connectivity index (χ1) is 11.2. The molecule has 0 amide bonds. The third-order valence-electron chi connectivity index (χ3n) is 4.37. The number of benzene rings is 3. The first kappa shape index (κ1) is 13.8. The molecular formula is C22H18O. The average molecular weight is 298 g/mol. The van der Waals surface area contributed by atoms with Crippen LogP contribution in [0.3, 0.4) is 0 Å². The van der Waals surface area contributed by atoms with E-state index >= 15 is 0 Å². The Morgan fingerprint density at radius 2 is 1.22 bits per heavy atom. The van der Waals surface area contributed by atoms with Gasteiger partial charge in [0, 0.05) is 10.9 Å². The molecule has 0 aliphatic heterocycles. The van der Waals surface area contributed by atoms with Crippen LogP contribution in [0.5, 0.6) is 0 Å². The highest BCUT2D eigenvalue weighted by Crippen LogP contribution is 2.32. The van der Waals surface area contributed by atoms with Gasteiger partial charge in [-0.25, -0.2) is 0 Å². The van der Waals surface area contributed by atoms with E-state index in [0.29, 0.717) is 0 Å². The normalized spacial score (nSPS) is 11.0. The molecule has 4 rings (SSSR count). The molecule has 0 radical (unpaired) electrons. The molecule has 3 aromatic carbocycles. The summed E-state index contributed by atoms with van der Waals surface area (Å²) in [6.45, 7) is 4.22. The van der Waals surface area contributed by atoms with E-state index in [1.54, 1.807) is 0 Å². The Kier molecular flexibility index (Phi) is 3.27. The first-order valence-corrected chi connectivity index (χ1v) is 7.88. The summed E-state index contributed by atoms with van der Waals surface area (Å²) in [5, 5.41) is 1.20. The van der Waals surface area contributed by atoms with Crippen molar-refractivity contribution in [2.24, 2.45) is 0 Å². The van der Waals surface area contributed by atoms with Crippen LogP contribution in [-0.4, -0.2) is 0 Å². The molecule has 1 aromatic heterocycles. The fraction of sp³-hybridized carbons (Fsp3) is 0.0909. The molecule has 0 fully saturated rings. The summed E-state index contributed by atoms with van der Waals surface area (Å²) < 4.78 is 6.11. The topological polar surface area (TPSA) is 13.1 Å². The molecule has 0 N–H and O–H groups in total. The van der Waals surface area contributed by atoms with Gasteiger partial charge in [0.05, 0.1) is 0 Å². The molecule has 0 atom stereocenters. The van der Waals surface area contributed by atoms with Crippen molar-refractivity contribution in [2.75, 3.05) is 0 Å². The van der Waals surface area contributed by atoms with Crippen molar-refractivity contribution >= 4 is 11.0 Å². The van der Waals surface area contributed by atoms with Crippen LogP contribution in [0.1, 0.15) is 11.1 Å². The molecule has 112 valence electrons. The number of hydrogen-bond acceptors (Lipinski definition) is 1. The van der Waals surface area contributed by atoms with E-state index in [1.807, 2.05) is 6.07 Å². The highest BCUT2D eigenvalue weighted by molar-refractivity contribution is 5.88. The molecule has 0 bridgehead atoms. The van der Waals surface area contributed by atoms with Crippen LogP contribution in [0.15, 0.2) is 77.2 Å². The number of aryl methyl sites for hydroxylation is 2. The van der Waals surface area contributed by atoms with E-state index < -0.39 is 0 Å². The zero-order valence-electron chi connectivity index (χ0n) is 13.3. The lowest BCUT2D eigenvalue weighted by Crippen LogP contribution is -1.78. The van der Waals surface area contributed by atoms with E-state index in [4.69, 9.17) is 4.42 Å². The highest BCUT2D eigenvalue weighted by Gasteiger charge is 2.10. The molecule has 1 heterocycles. The van der Waals surface area contributed by atoms with Crippen LogP contribution in [0.2, 0.25) is 0 Å². The third-order valence-corrected chi connectivity index (χ3v) is 4.37. The van der Waals surface area contributed by atoms with E-state index in [0.717, 1.165) is 16.9 Å². The summed E-state index contributed by atoms with van der Waals surface area (Å²) in [4.78, 5) is 0. The Labute approximate surface area is 136 Å². The summed E-state index contributed by atoms with van der Waals surface area (Å²) in [5.74, 6) is 0.928. The molecule has 0 saturated carbocycles. The van der Waals surface area contributed by atoms with Gasteiger partial charge in [0.1, 0.15) is 11.3 Å². The van der Waals surface area contributed by atoms with Crippen LogP contribution < -0.4 is 0 Å². The fourth-order valence-electron chi connectivity index (χ4n) is 2.99. The van der Waals surface area contributed by atoms with Gasteiger partial charge in [-0.15, -0.1) is 0 Å². The maximum Gasteiger partial charge on any atom is 0.137 e. The van der Waals surface area contributed by atoms with Gasteiger partial charge in [0.15, 0.2) is 0 Å². The molecular weight excluding hydrogens is 280 g/mol. The molecule has 1 nitrogen and oxygen atoms in total. The van der Waals surface area contributed by atoms with Gasteiger partial charge in [-0.2, -0.15) is 0 Å². The molecule has 1 heteroatoms. The predicted molar refractivity (Wildman–Crippen MR) is 96.6 cm³/mol. The maximum absolute atomic E-state index is 6.11. The SMILES string of the molecule is Cc1ccc(C)c2oc(-c3ccc(-c4ccccc4)cc3)cc12. The van der Waals surface area contributed by atoms with E-state index in [9.17, 15) is 0 Å². The zero-order valence-corrected chi connectivity index (χ0v) is 13.3. The van der Waals surface area contributed by atoms with Crippen molar-refractivity contribution in [1.82, 2.24) is 0 Å². The lowest BCUT2D eigenvalue weighted by molar-refractivity contribution is 0.629. The van der Waals surface area contributed by atoms with Gasteiger partial charge in [-0.3, -0.25) is 0 Å². The van der Waals surface area contributed by atoms with E-state index in [1.165, 1.54) is 27.6 Å². The largest absolute Gasteiger partial charge is 0.456 e. The van der Waals surface area contributed by atoms with Crippen LogP contribution in [-0.2, 0) is 0 Å². The summed E-state index contributed by atoms with van der Waals surface area (Å²) in [5.41, 5.74) is 6.99. The highest BCUT2D eigenvalue weighted by atomic mass is 16.3. The summed E-state index contributed by atoms with van der Waals surface area (Å²) in [6, 6.07) is 25.4. The fourth-order valence-corrected chi connectivity index (χ4v) is 2.99. The van der Waals surface area contributed by atoms with E-state index in [2.05, 4.69) is 80.6 Å². The average Bonchev–Trinajstić information content (AvgIpc) is 3.06. The lowest BCUT2D eigenvalue weighted by atomic mass is 10.0. The Bertz CT molecular complexity index is 921. The Balaban J connectivity index is 1.77. The van der Waals surface area contributed by atoms with Crippen molar-refractivity contribution in [2.45, 2.75) is 13.8 Å². The molecule has 23 heavy (non-hydrogen) atoms. The van der Waals surface area contributed by atoms with Gasteiger partial charge in [-0.05, 0) is 42.2 Å². The van der Waals surface area contributed by atoms with E-state index in [-0.39, 0.29) is 0 Å². The van der Waals surface area contributed by atoms with Crippen LogP contribution >= 0.6 is 0 Å². The smallest absolute Gasteiger partial charge is 0.137 e. The Morgan fingerprint density at radius 1 is 0.609 bits per heavy atom. The first-order valence-electron chi connectivity index (χ1n) is 7.88. The van der Waals surface area contributed by atoms with Crippen molar-refractivity contribution < 1.29 is 4.42 Å². The summed E-state index contributed by atoms with van der Waals surface area (Å²) in [6.07, 6.45) is 0. The van der Waals surface area contributed by atoms with Gasteiger partial charge in [0.2, 0.25) is 0 Å². The third kappa shape index (κ3) is 2.44. The Hall–Kier alpha value is -2.80. The van der Waals surface area contributed by atoms with Gasteiger partial charge in [0.25, 0.3) is 0 Å². The van der Waals surface area contributed by atoms with Crippen molar-refractivity contribution in [3.8, 4) is 22.5 Å². The van der Waals surface area contributed by atoms with Gasteiger partial charge < -0.3 is 4.42 Å². The molecule has 0 saturated heterocycles. The maximum atomic E-state index is 6.11. The molecule has 0 spiro atoms. The van der Waals surface area contributed by atoms with Crippen molar-refractivity contribution in [1.29, 1.82) is 0 Å². The second kappa shape index (κ2) is 5.44. The van der Waals surface area contributed by atoms with Crippen LogP contribution in [0.4, 0.5) is 0 Å². The van der Waals surface area contributed by atoms with Gasteiger partial charge in [-0.1, -0.05) is 66.7 Å².